The number of piperidine rings is 1. The molecule has 1 fully saturated rings. The van der Waals surface area contributed by atoms with Crippen molar-refractivity contribution in [2.24, 2.45) is 0 Å². The van der Waals surface area contributed by atoms with E-state index in [1.165, 1.54) is 0 Å². The van der Waals surface area contributed by atoms with Crippen LogP contribution in [0.15, 0.2) is 30.3 Å². The van der Waals surface area contributed by atoms with Gasteiger partial charge in [0.15, 0.2) is 0 Å². The molecule has 6 heteroatoms. The van der Waals surface area contributed by atoms with Crippen LogP contribution in [0.2, 0.25) is 0 Å². The van der Waals surface area contributed by atoms with Crippen molar-refractivity contribution >= 4 is 12.1 Å². The van der Waals surface area contributed by atoms with Crippen LogP contribution < -0.4 is 0 Å². The molecule has 22 heavy (non-hydrogen) atoms. The van der Waals surface area contributed by atoms with Crippen LogP contribution in [0.3, 0.4) is 0 Å². The molecule has 0 aliphatic carbocycles. The van der Waals surface area contributed by atoms with Gasteiger partial charge in [-0.15, -0.1) is 0 Å². The van der Waals surface area contributed by atoms with Gasteiger partial charge < -0.3 is 19.5 Å². The molecule has 6 nitrogen and oxygen atoms in total. The summed E-state index contributed by atoms with van der Waals surface area (Å²) in [7, 11) is 0. The zero-order valence-electron chi connectivity index (χ0n) is 12.7. The van der Waals surface area contributed by atoms with E-state index in [2.05, 4.69) is 0 Å². The van der Waals surface area contributed by atoms with E-state index in [1.54, 1.807) is 4.90 Å². The van der Waals surface area contributed by atoms with Crippen LogP contribution in [0.5, 0.6) is 0 Å². The maximum atomic E-state index is 12.0. The molecule has 0 aromatic heterocycles. The Kier molecular flexibility index (Phi) is 5.38. The highest BCUT2D eigenvalue weighted by Crippen LogP contribution is 2.26. The van der Waals surface area contributed by atoms with Gasteiger partial charge in [0.25, 0.3) is 0 Å². The lowest BCUT2D eigenvalue weighted by atomic mass is 9.93. The molecule has 1 aliphatic heterocycles. The Morgan fingerprint density at radius 3 is 2.45 bits per heavy atom. The van der Waals surface area contributed by atoms with Crippen molar-refractivity contribution in [1.82, 2.24) is 4.90 Å². The standard InChI is InChI=1S/C16H21NO5/c1-16(22-12-14(18)19)7-9-17(10-8-16)15(20)21-11-13-5-3-2-4-6-13/h2-6H,7-12H2,1H3,(H,18,19). The van der Waals surface area contributed by atoms with Crippen LogP contribution >= 0.6 is 0 Å². The van der Waals surface area contributed by atoms with Gasteiger partial charge in [0, 0.05) is 13.1 Å². The Balaban J connectivity index is 1.76. The molecule has 0 atom stereocenters. The number of ether oxygens (including phenoxy) is 2. The quantitative estimate of drug-likeness (QED) is 0.903. The number of carbonyl (C=O) groups is 2. The number of aliphatic carboxylic acids is 1. The molecule has 1 aliphatic rings. The van der Waals surface area contributed by atoms with Crippen LogP contribution in [0.1, 0.15) is 25.3 Å². The monoisotopic (exact) mass is 307 g/mol. The summed E-state index contributed by atoms with van der Waals surface area (Å²) in [5.41, 5.74) is 0.455. The molecule has 1 aromatic rings. The summed E-state index contributed by atoms with van der Waals surface area (Å²) in [5.74, 6) is -0.981. The molecule has 1 amide bonds. The number of carboxylic acids is 1. The first-order chi connectivity index (χ1) is 10.5. The van der Waals surface area contributed by atoms with Crippen molar-refractivity contribution in [3.8, 4) is 0 Å². The number of carboxylic acid groups (broad SMARTS) is 1. The Labute approximate surface area is 129 Å². The summed E-state index contributed by atoms with van der Waals surface area (Å²) >= 11 is 0. The molecule has 1 saturated heterocycles. The second-order valence-electron chi connectivity index (χ2n) is 5.66. The molecule has 1 N–H and O–H groups in total. The van der Waals surface area contributed by atoms with E-state index in [4.69, 9.17) is 14.6 Å². The van der Waals surface area contributed by atoms with Gasteiger partial charge in [-0.3, -0.25) is 0 Å². The van der Waals surface area contributed by atoms with E-state index < -0.39 is 11.6 Å². The van der Waals surface area contributed by atoms with Crippen molar-refractivity contribution in [2.75, 3.05) is 19.7 Å². The van der Waals surface area contributed by atoms with Crippen LogP contribution in [-0.4, -0.2) is 47.4 Å². The smallest absolute Gasteiger partial charge is 0.410 e. The Bertz CT molecular complexity index is 509. The van der Waals surface area contributed by atoms with Gasteiger partial charge in [-0.05, 0) is 25.3 Å². The summed E-state index contributed by atoms with van der Waals surface area (Å²) in [6, 6.07) is 9.51. The lowest BCUT2D eigenvalue weighted by Gasteiger charge is -2.38. The van der Waals surface area contributed by atoms with Gasteiger partial charge in [-0.1, -0.05) is 30.3 Å². The average molecular weight is 307 g/mol. The third-order valence-electron chi connectivity index (χ3n) is 3.83. The van der Waals surface area contributed by atoms with Gasteiger partial charge in [0.05, 0.1) is 5.60 Å². The van der Waals surface area contributed by atoms with E-state index in [9.17, 15) is 9.59 Å². The number of benzene rings is 1. The van der Waals surface area contributed by atoms with Gasteiger partial charge in [0.1, 0.15) is 13.2 Å². The van der Waals surface area contributed by atoms with Crippen molar-refractivity contribution in [1.29, 1.82) is 0 Å². The zero-order chi connectivity index (χ0) is 16.0. The van der Waals surface area contributed by atoms with Gasteiger partial charge in [-0.25, -0.2) is 9.59 Å². The molecule has 0 unspecified atom stereocenters. The molecule has 0 spiro atoms. The Morgan fingerprint density at radius 2 is 1.86 bits per heavy atom. The number of hydrogen-bond donors (Lipinski definition) is 1. The van der Waals surface area contributed by atoms with Crippen LogP contribution in [-0.2, 0) is 20.9 Å². The minimum absolute atomic E-state index is 0.253. The van der Waals surface area contributed by atoms with Crippen LogP contribution in [0.25, 0.3) is 0 Å². The fraction of sp³-hybridized carbons (Fsp3) is 0.500. The summed E-state index contributed by atoms with van der Waals surface area (Å²) < 4.78 is 10.7. The maximum absolute atomic E-state index is 12.0. The van der Waals surface area contributed by atoms with E-state index in [1.807, 2.05) is 37.3 Å². The minimum atomic E-state index is -0.981. The second kappa shape index (κ2) is 7.26. The lowest BCUT2D eigenvalue weighted by molar-refractivity contribution is -0.151. The number of rotatable bonds is 5. The molecular weight excluding hydrogens is 286 g/mol. The van der Waals surface area contributed by atoms with Gasteiger partial charge in [0.2, 0.25) is 0 Å². The first kappa shape index (κ1) is 16.3. The molecule has 0 radical (unpaired) electrons. The summed E-state index contributed by atoms with van der Waals surface area (Å²) in [6.45, 7) is 2.83. The first-order valence-electron chi connectivity index (χ1n) is 7.30. The zero-order valence-corrected chi connectivity index (χ0v) is 12.7. The lowest BCUT2D eigenvalue weighted by Crippen LogP contribution is -2.47. The van der Waals surface area contributed by atoms with Crippen molar-refractivity contribution in [3.63, 3.8) is 0 Å². The Morgan fingerprint density at radius 1 is 1.23 bits per heavy atom. The summed E-state index contributed by atoms with van der Waals surface area (Å²) in [6.07, 6.45) is 0.852. The largest absolute Gasteiger partial charge is 0.480 e. The van der Waals surface area contributed by atoms with Crippen LogP contribution in [0.4, 0.5) is 4.79 Å². The highest BCUT2D eigenvalue weighted by atomic mass is 16.6. The van der Waals surface area contributed by atoms with E-state index in [0.29, 0.717) is 25.9 Å². The highest BCUT2D eigenvalue weighted by Gasteiger charge is 2.33. The topological polar surface area (TPSA) is 76.1 Å². The van der Waals surface area contributed by atoms with Crippen molar-refractivity contribution < 1.29 is 24.2 Å². The van der Waals surface area contributed by atoms with E-state index in [0.717, 1.165) is 5.56 Å². The Hall–Kier alpha value is -2.08. The third kappa shape index (κ3) is 4.73. The highest BCUT2D eigenvalue weighted by molar-refractivity contribution is 5.68. The number of amides is 1. The third-order valence-corrected chi connectivity index (χ3v) is 3.83. The molecular formula is C16H21NO5. The van der Waals surface area contributed by atoms with Crippen LogP contribution in [0, 0.1) is 0 Å². The number of nitrogens with zero attached hydrogens (tertiary/aromatic N) is 1. The van der Waals surface area contributed by atoms with E-state index in [-0.39, 0.29) is 19.3 Å². The molecule has 0 bridgehead atoms. The van der Waals surface area contributed by atoms with E-state index >= 15 is 0 Å². The maximum Gasteiger partial charge on any atom is 0.410 e. The number of hydrogen-bond acceptors (Lipinski definition) is 4. The fourth-order valence-electron chi connectivity index (χ4n) is 2.35. The van der Waals surface area contributed by atoms with Gasteiger partial charge >= 0.3 is 12.1 Å². The number of carbonyl (C=O) groups excluding carboxylic acids is 1. The second-order valence-corrected chi connectivity index (χ2v) is 5.66. The minimum Gasteiger partial charge on any atom is -0.480 e. The molecule has 1 heterocycles. The van der Waals surface area contributed by atoms with Gasteiger partial charge in [-0.2, -0.15) is 0 Å². The summed E-state index contributed by atoms with van der Waals surface area (Å²) in [4.78, 5) is 24.2. The first-order valence-corrected chi connectivity index (χ1v) is 7.30. The fourth-order valence-corrected chi connectivity index (χ4v) is 2.35. The normalized spacial score (nSPS) is 17.0. The SMILES string of the molecule is CC1(OCC(=O)O)CCN(C(=O)OCc2ccccc2)CC1. The average Bonchev–Trinajstić information content (AvgIpc) is 2.52. The molecule has 120 valence electrons. The molecule has 2 rings (SSSR count). The predicted molar refractivity (Wildman–Crippen MR) is 79.4 cm³/mol. The molecule has 1 aromatic carbocycles. The van der Waals surface area contributed by atoms with Crippen molar-refractivity contribution in [2.45, 2.75) is 32.0 Å². The molecule has 0 saturated carbocycles. The predicted octanol–water partition coefficient (Wildman–Crippen LogP) is 2.28. The van der Waals surface area contributed by atoms with Crippen molar-refractivity contribution in [3.05, 3.63) is 35.9 Å². The summed E-state index contributed by atoms with van der Waals surface area (Å²) in [5, 5.41) is 8.67. The number of likely N-dealkylation sites (tertiary alicyclic amines) is 1.